The molecule has 1 amide bonds. The number of nitrogens with one attached hydrogen (secondary N) is 1. The van der Waals surface area contributed by atoms with Crippen molar-refractivity contribution in [3.8, 4) is 5.75 Å². The number of fused-ring (bicyclic) bond motifs is 4. The van der Waals surface area contributed by atoms with Crippen LogP contribution in [0.1, 0.15) is 74.4 Å². The number of nitrogens with zero attached hydrogens (tertiary/aromatic N) is 1. The van der Waals surface area contributed by atoms with Crippen molar-refractivity contribution in [3.63, 3.8) is 0 Å². The summed E-state index contributed by atoms with van der Waals surface area (Å²) in [6, 6.07) is 12.2. The van der Waals surface area contributed by atoms with Gasteiger partial charge < -0.3 is 14.7 Å². The number of amides is 1. The first-order valence-corrected chi connectivity index (χ1v) is 16.6. The molecule has 6 atom stereocenters. The van der Waals surface area contributed by atoms with Crippen LogP contribution in [0.15, 0.2) is 48.6 Å². The number of ether oxygens (including phenoxy) is 1. The number of halogens is 1. The van der Waals surface area contributed by atoms with E-state index in [0.29, 0.717) is 29.9 Å². The minimum absolute atomic E-state index is 0.0627. The predicted octanol–water partition coefficient (Wildman–Crippen LogP) is 7.20. The highest BCUT2D eigenvalue weighted by Gasteiger charge is 2.44. The summed E-state index contributed by atoms with van der Waals surface area (Å²) in [7, 11) is 0. The molecule has 6 rings (SSSR count). The number of carbonyl (C=O) groups is 1. The summed E-state index contributed by atoms with van der Waals surface area (Å²) >= 11 is 7.95. The topological polar surface area (TPSA) is 61.8 Å². The lowest BCUT2D eigenvalue weighted by atomic mass is 9.68. The van der Waals surface area contributed by atoms with E-state index in [4.69, 9.17) is 16.3 Å². The summed E-state index contributed by atoms with van der Waals surface area (Å²) in [5, 5.41) is 12.3. The number of allylic oxidation sites excluding steroid dienone is 1. The van der Waals surface area contributed by atoms with Crippen molar-refractivity contribution >= 4 is 35.1 Å². The first-order valence-electron chi connectivity index (χ1n) is 15.4. The van der Waals surface area contributed by atoms with Gasteiger partial charge in [0.15, 0.2) is 0 Å². The van der Waals surface area contributed by atoms with Gasteiger partial charge in [0.1, 0.15) is 5.75 Å². The van der Waals surface area contributed by atoms with Crippen molar-refractivity contribution in [1.29, 1.82) is 0 Å². The van der Waals surface area contributed by atoms with Gasteiger partial charge in [0.25, 0.3) is 5.91 Å². The normalized spacial score (nSPS) is 32.7. The Kier molecular flexibility index (Phi) is 8.37. The molecule has 2 aromatic rings. The first-order chi connectivity index (χ1) is 19.7. The molecule has 0 aromatic heterocycles. The lowest BCUT2D eigenvalue weighted by Gasteiger charge is -2.45. The van der Waals surface area contributed by atoms with E-state index in [1.54, 1.807) is 0 Å². The number of carbonyl (C=O) groups excluding carboxylic acids is 1. The van der Waals surface area contributed by atoms with Gasteiger partial charge in [-0.05, 0) is 116 Å². The number of aliphatic hydroxyl groups is 1. The lowest BCUT2D eigenvalue weighted by molar-refractivity contribution is 0.0454. The average molecular weight is 595 g/mol. The van der Waals surface area contributed by atoms with Gasteiger partial charge in [0, 0.05) is 34.3 Å². The lowest BCUT2D eigenvalue weighted by Crippen LogP contribution is -2.49. The molecule has 2 heterocycles. The third kappa shape index (κ3) is 5.89. The van der Waals surface area contributed by atoms with Gasteiger partial charge in [-0.2, -0.15) is 0 Å². The zero-order valence-corrected chi connectivity index (χ0v) is 26.0. The monoisotopic (exact) mass is 594 g/mol. The summed E-state index contributed by atoms with van der Waals surface area (Å²) < 4.78 is 9.77. The quantitative estimate of drug-likeness (QED) is 0.270. The van der Waals surface area contributed by atoms with Crippen LogP contribution >= 0.6 is 23.5 Å². The van der Waals surface area contributed by atoms with Crippen molar-refractivity contribution in [3.05, 3.63) is 70.3 Å². The number of aryl methyl sites for hydroxylation is 1. The number of benzene rings is 2. The zero-order chi connectivity index (χ0) is 28.7. The second-order valence-corrected chi connectivity index (χ2v) is 14.7. The number of anilines is 1. The smallest absolute Gasteiger partial charge is 0.261 e. The SMILES string of the molecule is CC(C)[C@H]1C[C@H](C)/C=C\[C@H](O)[C@@H]2CC[C@H]2CN2C[C@@]3(CCCc4cc(Cl)ccc43)COc3ccc(cc32)C(=O)NS1. The van der Waals surface area contributed by atoms with Crippen LogP contribution < -0.4 is 14.4 Å². The molecule has 41 heavy (non-hydrogen) atoms. The van der Waals surface area contributed by atoms with Crippen molar-refractivity contribution < 1.29 is 14.6 Å². The van der Waals surface area contributed by atoms with Crippen LogP contribution in [0.3, 0.4) is 0 Å². The van der Waals surface area contributed by atoms with Gasteiger partial charge in [-0.1, -0.05) is 50.6 Å². The van der Waals surface area contributed by atoms with Gasteiger partial charge in [0.2, 0.25) is 0 Å². The molecule has 2 aromatic carbocycles. The highest BCUT2D eigenvalue weighted by Crippen LogP contribution is 2.47. The van der Waals surface area contributed by atoms with E-state index in [1.807, 2.05) is 30.3 Å². The Morgan fingerprint density at radius 1 is 1.17 bits per heavy atom. The molecular weight excluding hydrogens is 552 g/mol. The molecule has 5 nitrogen and oxygen atoms in total. The minimum Gasteiger partial charge on any atom is -0.490 e. The Balaban J connectivity index is 1.39. The van der Waals surface area contributed by atoms with Crippen molar-refractivity contribution in [2.45, 2.75) is 76.1 Å². The molecule has 0 radical (unpaired) electrons. The molecule has 2 aliphatic carbocycles. The van der Waals surface area contributed by atoms with E-state index in [0.717, 1.165) is 68.1 Å². The molecule has 2 bridgehead atoms. The molecule has 1 fully saturated rings. The fraction of sp³-hybridized carbons (Fsp3) is 0.559. The van der Waals surface area contributed by atoms with Crippen molar-refractivity contribution in [2.24, 2.45) is 23.7 Å². The highest BCUT2D eigenvalue weighted by molar-refractivity contribution is 7.98. The Labute approximate surface area is 254 Å². The second-order valence-electron chi connectivity index (χ2n) is 13.2. The predicted molar refractivity (Wildman–Crippen MR) is 169 cm³/mol. The van der Waals surface area contributed by atoms with E-state index >= 15 is 0 Å². The van der Waals surface area contributed by atoms with Crippen LogP contribution in [-0.4, -0.2) is 42.1 Å². The van der Waals surface area contributed by atoms with Crippen LogP contribution in [0, 0.1) is 23.7 Å². The van der Waals surface area contributed by atoms with Crippen LogP contribution in [0.2, 0.25) is 5.02 Å². The number of aliphatic hydroxyl groups excluding tert-OH is 1. The zero-order valence-electron chi connectivity index (χ0n) is 24.4. The third-order valence-electron chi connectivity index (χ3n) is 9.96. The molecule has 220 valence electrons. The van der Waals surface area contributed by atoms with Gasteiger partial charge in [-0.15, -0.1) is 0 Å². The largest absolute Gasteiger partial charge is 0.490 e. The summed E-state index contributed by atoms with van der Waals surface area (Å²) in [6.07, 6.45) is 10.0. The van der Waals surface area contributed by atoms with Crippen molar-refractivity contribution in [2.75, 3.05) is 24.6 Å². The van der Waals surface area contributed by atoms with E-state index in [9.17, 15) is 9.90 Å². The molecule has 2 aliphatic heterocycles. The fourth-order valence-corrected chi connectivity index (χ4v) is 8.59. The van der Waals surface area contributed by atoms with Crippen LogP contribution in [0.5, 0.6) is 5.75 Å². The Morgan fingerprint density at radius 2 is 2.02 bits per heavy atom. The average Bonchev–Trinajstić information content (AvgIpc) is 3.08. The molecule has 0 unspecified atom stereocenters. The van der Waals surface area contributed by atoms with Crippen LogP contribution in [-0.2, 0) is 11.8 Å². The Morgan fingerprint density at radius 3 is 2.80 bits per heavy atom. The summed E-state index contributed by atoms with van der Waals surface area (Å²) in [5.41, 5.74) is 4.14. The first kappa shape index (κ1) is 28.9. The molecular formula is C34H43ClN2O3S. The second kappa shape index (κ2) is 11.9. The van der Waals surface area contributed by atoms with E-state index in [2.05, 4.69) is 48.6 Å². The molecule has 1 spiro atoms. The molecule has 0 saturated heterocycles. The number of hydrogen-bond donors (Lipinski definition) is 2. The van der Waals surface area contributed by atoms with E-state index in [1.165, 1.54) is 23.1 Å². The fourth-order valence-electron chi connectivity index (χ4n) is 7.35. The third-order valence-corrected chi connectivity index (χ3v) is 11.5. The maximum atomic E-state index is 13.4. The van der Waals surface area contributed by atoms with E-state index < -0.39 is 6.10 Å². The molecule has 2 N–H and O–H groups in total. The summed E-state index contributed by atoms with van der Waals surface area (Å²) in [4.78, 5) is 15.9. The maximum absolute atomic E-state index is 13.4. The van der Waals surface area contributed by atoms with Crippen LogP contribution in [0.4, 0.5) is 5.69 Å². The van der Waals surface area contributed by atoms with Crippen molar-refractivity contribution in [1.82, 2.24) is 4.72 Å². The highest BCUT2D eigenvalue weighted by atomic mass is 35.5. The minimum atomic E-state index is -0.436. The van der Waals surface area contributed by atoms with Gasteiger partial charge in [0.05, 0.1) is 18.4 Å². The maximum Gasteiger partial charge on any atom is 0.261 e. The standard InChI is InChI=1S/C34H43ClN2O3S/c1-21(2)32-15-22(3)6-12-30(38)27-10-7-25(27)18-37-19-34(14-4-5-23-16-26(35)9-11-28(23)34)20-40-31-13-8-24(17-29(31)37)33(39)36-41-32/h6,8-9,11-13,16-17,21-22,25,27,30,32,38H,4-5,7,10,14-15,18-20H2,1-3H3,(H,36,39)/b12-6-/t22-,25+,27-,30+,32-,34+/m1/s1. The Hall–Kier alpha value is -2.15. The van der Waals surface area contributed by atoms with E-state index in [-0.39, 0.29) is 22.5 Å². The Bertz CT molecular complexity index is 1310. The van der Waals surface area contributed by atoms with Gasteiger partial charge >= 0.3 is 0 Å². The van der Waals surface area contributed by atoms with Gasteiger partial charge in [-0.3, -0.25) is 9.52 Å². The molecule has 4 aliphatic rings. The summed E-state index contributed by atoms with van der Waals surface area (Å²) in [5.74, 6) is 2.13. The summed E-state index contributed by atoms with van der Waals surface area (Å²) in [6.45, 7) is 8.87. The molecule has 1 saturated carbocycles. The van der Waals surface area contributed by atoms with Gasteiger partial charge in [-0.25, -0.2) is 0 Å². The van der Waals surface area contributed by atoms with Crippen LogP contribution in [0.25, 0.3) is 0 Å². The number of hydrogen-bond acceptors (Lipinski definition) is 5. The molecule has 7 heteroatoms. The number of rotatable bonds is 1.